The highest BCUT2D eigenvalue weighted by atomic mass is 32.2. The van der Waals surface area contributed by atoms with Crippen LogP contribution in [0.3, 0.4) is 0 Å². The van der Waals surface area contributed by atoms with Gasteiger partial charge in [0.15, 0.2) is 16.7 Å². The Hall–Kier alpha value is -3.79. The van der Waals surface area contributed by atoms with E-state index < -0.39 is 0 Å². The van der Waals surface area contributed by atoms with Gasteiger partial charge in [-0.3, -0.25) is 9.59 Å². The van der Waals surface area contributed by atoms with Crippen molar-refractivity contribution in [3.05, 3.63) is 75.7 Å². The fourth-order valence-electron chi connectivity index (χ4n) is 4.15. The van der Waals surface area contributed by atoms with Crippen molar-refractivity contribution in [1.29, 1.82) is 0 Å². The number of rotatable bonds is 10. The molecule has 10 heteroatoms. The second-order valence-electron chi connectivity index (χ2n) is 8.43. The van der Waals surface area contributed by atoms with E-state index in [0.717, 1.165) is 29.0 Å². The van der Waals surface area contributed by atoms with Crippen LogP contribution in [0.2, 0.25) is 0 Å². The summed E-state index contributed by atoms with van der Waals surface area (Å²) < 4.78 is 16.1. The Morgan fingerprint density at radius 1 is 1.05 bits per heavy atom. The van der Waals surface area contributed by atoms with Crippen molar-refractivity contribution in [2.45, 2.75) is 37.4 Å². The number of nitrogens with one attached hydrogen (secondary N) is 1. The summed E-state index contributed by atoms with van der Waals surface area (Å²) in [5, 5.41) is 6.67. The number of amides is 1. The monoisotopic (exact) mass is 522 g/mol. The topological polar surface area (TPSA) is 106 Å². The number of aromatic nitrogens is 2. The molecule has 1 aromatic heterocycles. The van der Waals surface area contributed by atoms with Gasteiger partial charge in [0.1, 0.15) is 5.75 Å². The highest BCUT2D eigenvalue weighted by Gasteiger charge is 2.33. The van der Waals surface area contributed by atoms with Gasteiger partial charge < -0.3 is 19.2 Å². The zero-order chi connectivity index (χ0) is 26.4. The van der Waals surface area contributed by atoms with Crippen molar-refractivity contribution >= 4 is 23.4 Å². The second kappa shape index (κ2) is 12.0. The Kier molecular flexibility index (Phi) is 8.50. The summed E-state index contributed by atoms with van der Waals surface area (Å²) in [4.78, 5) is 32.7. The molecule has 0 fully saturated rings. The zero-order valence-electron chi connectivity index (χ0n) is 21.3. The molecule has 37 heavy (non-hydrogen) atoms. The number of aromatic amines is 1. The van der Waals surface area contributed by atoms with Crippen LogP contribution >= 0.6 is 11.8 Å². The number of aryl methyl sites for hydroxylation is 1. The Labute approximate surface area is 219 Å². The number of hydrogen-bond donors (Lipinski definition) is 1. The maximum Gasteiger partial charge on any atom is 0.253 e. The van der Waals surface area contributed by atoms with E-state index in [4.69, 9.17) is 19.3 Å². The first kappa shape index (κ1) is 26.3. The number of thioether (sulfide) groups is 1. The van der Waals surface area contributed by atoms with Crippen molar-refractivity contribution in [3.63, 3.8) is 0 Å². The van der Waals surface area contributed by atoms with Crippen LogP contribution in [-0.2, 0) is 11.2 Å². The molecule has 1 N–H and O–H groups in total. The summed E-state index contributed by atoms with van der Waals surface area (Å²) in [6, 6.07) is 14.4. The van der Waals surface area contributed by atoms with Gasteiger partial charge in [-0.25, -0.2) is 9.99 Å². The normalized spacial score (nSPS) is 14.9. The molecule has 9 nitrogen and oxygen atoms in total. The summed E-state index contributed by atoms with van der Waals surface area (Å²) >= 11 is 1.19. The summed E-state index contributed by atoms with van der Waals surface area (Å²) in [5.41, 5.74) is 3.06. The van der Waals surface area contributed by atoms with Crippen LogP contribution in [0.4, 0.5) is 0 Å². The minimum Gasteiger partial charge on any atom is -0.497 e. The van der Waals surface area contributed by atoms with Crippen molar-refractivity contribution in [1.82, 2.24) is 15.0 Å². The third-order valence-electron chi connectivity index (χ3n) is 5.99. The number of carbonyl (C=O) groups is 1. The van der Waals surface area contributed by atoms with Crippen molar-refractivity contribution < 1.29 is 19.0 Å². The third kappa shape index (κ3) is 6.14. The quantitative estimate of drug-likeness (QED) is 0.314. The Morgan fingerprint density at radius 2 is 1.81 bits per heavy atom. The lowest BCUT2D eigenvalue weighted by molar-refractivity contribution is -0.130. The second-order valence-corrected chi connectivity index (χ2v) is 9.39. The molecule has 0 aliphatic carbocycles. The average Bonchev–Trinajstić information content (AvgIpc) is 3.37. The van der Waals surface area contributed by atoms with Gasteiger partial charge in [0.2, 0.25) is 0 Å². The number of ether oxygens (including phenoxy) is 3. The van der Waals surface area contributed by atoms with Crippen molar-refractivity contribution in [2.75, 3.05) is 27.1 Å². The van der Waals surface area contributed by atoms with Gasteiger partial charge in [0, 0.05) is 18.2 Å². The maximum absolute atomic E-state index is 13.5. The lowest BCUT2D eigenvalue weighted by Gasteiger charge is -2.22. The molecule has 4 rings (SSSR count). The molecule has 3 aromatic rings. The molecule has 2 heterocycles. The molecule has 1 amide bonds. The summed E-state index contributed by atoms with van der Waals surface area (Å²) in [6.07, 6.45) is 2.11. The van der Waals surface area contributed by atoms with Crippen LogP contribution in [0.15, 0.2) is 63.6 Å². The minimum absolute atomic E-state index is 0.0711. The van der Waals surface area contributed by atoms with E-state index >= 15 is 0 Å². The molecule has 0 saturated heterocycles. The lowest BCUT2D eigenvalue weighted by Crippen LogP contribution is -2.28. The van der Waals surface area contributed by atoms with Gasteiger partial charge in [-0.1, -0.05) is 31.2 Å². The molecule has 0 saturated carbocycles. The van der Waals surface area contributed by atoms with E-state index in [2.05, 4.69) is 9.97 Å². The molecule has 1 unspecified atom stereocenters. The van der Waals surface area contributed by atoms with E-state index in [-0.39, 0.29) is 23.3 Å². The highest BCUT2D eigenvalue weighted by Crippen LogP contribution is 2.38. The highest BCUT2D eigenvalue weighted by molar-refractivity contribution is 7.99. The Balaban J connectivity index is 1.61. The molecule has 2 aromatic carbocycles. The Morgan fingerprint density at radius 3 is 2.49 bits per heavy atom. The van der Waals surface area contributed by atoms with Crippen molar-refractivity contribution in [3.8, 4) is 17.2 Å². The van der Waals surface area contributed by atoms with Crippen LogP contribution in [0, 0.1) is 0 Å². The van der Waals surface area contributed by atoms with Crippen LogP contribution in [0.25, 0.3) is 0 Å². The minimum atomic E-state index is -0.330. The van der Waals surface area contributed by atoms with Gasteiger partial charge in [-0.15, -0.1) is 0 Å². The van der Waals surface area contributed by atoms with Gasteiger partial charge >= 0.3 is 0 Å². The van der Waals surface area contributed by atoms with Crippen LogP contribution in [0.1, 0.15) is 42.6 Å². The summed E-state index contributed by atoms with van der Waals surface area (Å²) in [7, 11) is 4.78. The summed E-state index contributed by atoms with van der Waals surface area (Å²) in [6.45, 7) is 2.03. The van der Waals surface area contributed by atoms with E-state index in [1.807, 2.05) is 49.4 Å². The molecule has 0 spiro atoms. The third-order valence-corrected chi connectivity index (χ3v) is 6.85. The lowest BCUT2D eigenvalue weighted by atomic mass is 9.98. The zero-order valence-corrected chi connectivity index (χ0v) is 22.1. The summed E-state index contributed by atoms with van der Waals surface area (Å²) in [5.74, 6) is 1.80. The molecule has 0 bridgehead atoms. The van der Waals surface area contributed by atoms with Crippen LogP contribution in [0.5, 0.6) is 17.2 Å². The fraction of sp³-hybridized carbons (Fsp3) is 0.333. The van der Waals surface area contributed by atoms with Gasteiger partial charge in [-0.2, -0.15) is 5.10 Å². The number of hydrogen-bond acceptors (Lipinski definition) is 8. The number of H-pyrrole nitrogens is 1. The standard InChI is InChI=1S/C27H30N4O5S/c1-5-6-19-14-25(32)29-27(28-19)37-16-26(33)31-22(18-9-12-23(35-3)24(13-18)36-4)15-21(30-31)17-7-10-20(34-2)11-8-17/h7-14,22H,5-6,15-16H2,1-4H3,(H,28,29,32). The molecular weight excluding hydrogens is 492 g/mol. The van der Waals surface area contributed by atoms with E-state index in [1.54, 1.807) is 21.3 Å². The van der Waals surface area contributed by atoms with E-state index in [1.165, 1.54) is 22.8 Å². The van der Waals surface area contributed by atoms with Gasteiger partial charge in [-0.05, 0) is 53.9 Å². The molecule has 1 aliphatic rings. The Bertz CT molecular complexity index is 1340. The molecule has 0 radical (unpaired) electrons. The molecular formula is C27H30N4O5S. The predicted molar refractivity (Wildman–Crippen MR) is 143 cm³/mol. The molecule has 1 aliphatic heterocycles. The van der Waals surface area contributed by atoms with E-state index in [9.17, 15) is 9.59 Å². The average molecular weight is 523 g/mol. The first-order valence-electron chi connectivity index (χ1n) is 11.9. The number of benzene rings is 2. The first-order chi connectivity index (χ1) is 17.9. The van der Waals surface area contributed by atoms with Crippen molar-refractivity contribution in [2.24, 2.45) is 5.10 Å². The number of nitrogens with zero attached hydrogens (tertiary/aromatic N) is 3. The predicted octanol–water partition coefficient (Wildman–Crippen LogP) is 4.22. The SMILES string of the molecule is CCCc1cc(=O)[nH]c(SCC(=O)N2N=C(c3ccc(OC)cc3)CC2c2ccc(OC)c(OC)c2)n1. The number of methoxy groups -OCH3 is 3. The number of carbonyl (C=O) groups excluding carboxylic acids is 1. The largest absolute Gasteiger partial charge is 0.497 e. The fourth-order valence-corrected chi connectivity index (χ4v) is 4.90. The molecule has 194 valence electrons. The van der Waals surface area contributed by atoms with Crippen LogP contribution in [-0.4, -0.2) is 53.7 Å². The van der Waals surface area contributed by atoms with Gasteiger partial charge in [0.25, 0.3) is 11.5 Å². The van der Waals surface area contributed by atoms with Crippen LogP contribution < -0.4 is 19.8 Å². The van der Waals surface area contributed by atoms with Gasteiger partial charge in [0.05, 0.1) is 38.8 Å². The first-order valence-corrected chi connectivity index (χ1v) is 12.9. The van der Waals surface area contributed by atoms with E-state index in [0.29, 0.717) is 35.2 Å². The molecule has 1 atom stereocenters. The smallest absolute Gasteiger partial charge is 0.253 e. The maximum atomic E-state index is 13.5. The number of hydrazone groups is 1.